The molecule has 5 nitrogen and oxygen atoms in total. The van der Waals surface area contributed by atoms with E-state index in [1.54, 1.807) is 19.2 Å². The molecular weight excluding hydrogens is 275 g/mol. The molecule has 0 spiro atoms. The van der Waals surface area contributed by atoms with Gasteiger partial charge in [-0.15, -0.1) is 0 Å². The van der Waals surface area contributed by atoms with Crippen LogP contribution in [0.15, 0.2) is 24.3 Å². The zero-order valence-corrected chi connectivity index (χ0v) is 12.1. The first-order chi connectivity index (χ1) is 10.0. The molecule has 1 aromatic rings. The number of amides is 2. The van der Waals surface area contributed by atoms with Gasteiger partial charge in [0.1, 0.15) is 12.4 Å². The molecule has 0 aromatic heterocycles. The lowest BCUT2D eigenvalue weighted by Gasteiger charge is -2.38. The van der Waals surface area contributed by atoms with Crippen LogP contribution >= 0.6 is 0 Å². The van der Waals surface area contributed by atoms with Crippen LogP contribution in [0.2, 0.25) is 0 Å². The molecular formula is C15H19FN2O3. The molecule has 6 heteroatoms. The molecule has 1 aromatic carbocycles. The van der Waals surface area contributed by atoms with Crippen molar-refractivity contribution in [2.75, 3.05) is 20.2 Å². The molecule has 1 saturated heterocycles. The van der Waals surface area contributed by atoms with Gasteiger partial charge in [0.2, 0.25) is 5.91 Å². The Morgan fingerprint density at radius 1 is 1.52 bits per heavy atom. The molecule has 0 unspecified atom stereocenters. The Morgan fingerprint density at radius 2 is 2.29 bits per heavy atom. The zero-order valence-electron chi connectivity index (χ0n) is 12.1. The molecule has 0 bridgehead atoms. The van der Waals surface area contributed by atoms with Crippen molar-refractivity contribution in [1.82, 2.24) is 10.2 Å². The molecule has 1 aliphatic heterocycles. The summed E-state index contributed by atoms with van der Waals surface area (Å²) in [5, 5.41) is 2.76. The summed E-state index contributed by atoms with van der Waals surface area (Å²) in [6.07, 6.45) is -0.0289. The van der Waals surface area contributed by atoms with Crippen molar-refractivity contribution in [2.24, 2.45) is 0 Å². The third-order valence-electron chi connectivity index (χ3n) is 3.48. The maximum absolute atomic E-state index is 13.4. The lowest BCUT2D eigenvalue weighted by atomic mass is 9.97. The number of hydrogen-bond donors (Lipinski definition) is 1. The number of carbonyl (C=O) groups excluding carboxylic acids is 2. The van der Waals surface area contributed by atoms with Gasteiger partial charge in [0, 0.05) is 13.6 Å². The normalized spacial score (nSPS) is 22.2. The number of nitrogens with one attached hydrogen (secondary N) is 1. The third kappa shape index (κ3) is 3.39. The van der Waals surface area contributed by atoms with Crippen molar-refractivity contribution in [3.05, 3.63) is 35.6 Å². The summed E-state index contributed by atoms with van der Waals surface area (Å²) >= 11 is 0. The molecule has 0 radical (unpaired) electrons. The average molecular weight is 294 g/mol. The highest BCUT2D eigenvalue weighted by atomic mass is 19.1. The van der Waals surface area contributed by atoms with Crippen LogP contribution in [-0.4, -0.2) is 43.0 Å². The SMILES string of the molecule is CCCNC(=O)[C@H]1OCC(=O)N(C)[C@H]1c1cccc(F)c1. The smallest absolute Gasteiger partial charge is 0.251 e. The second kappa shape index (κ2) is 6.67. The Hall–Kier alpha value is -1.95. The predicted octanol–water partition coefficient (Wildman–Crippen LogP) is 1.25. The number of morpholine rings is 1. The number of carbonyl (C=O) groups is 2. The molecule has 2 rings (SSSR count). The maximum Gasteiger partial charge on any atom is 0.251 e. The number of rotatable bonds is 4. The largest absolute Gasteiger partial charge is 0.356 e. The van der Waals surface area contributed by atoms with E-state index in [1.165, 1.54) is 17.0 Å². The Balaban J connectivity index is 2.29. The second-order valence-corrected chi connectivity index (χ2v) is 5.03. The number of hydrogen-bond acceptors (Lipinski definition) is 3. The van der Waals surface area contributed by atoms with Gasteiger partial charge in [-0.3, -0.25) is 9.59 Å². The molecule has 1 aliphatic rings. The van der Waals surface area contributed by atoms with Gasteiger partial charge in [0.05, 0.1) is 6.04 Å². The first-order valence-corrected chi connectivity index (χ1v) is 6.95. The van der Waals surface area contributed by atoms with E-state index >= 15 is 0 Å². The lowest BCUT2D eigenvalue weighted by Crippen LogP contribution is -2.53. The minimum absolute atomic E-state index is 0.146. The van der Waals surface area contributed by atoms with E-state index in [9.17, 15) is 14.0 Å². The third-order valence-corrected chi connectivity index (χ3v) is 3.48. The highest BCUT2D eigenvalue weighted by Crippen LogP contribution is 2.29. The topological polar surface area (TPSA) is 58.6 Å². The van der Waals surface area contributed by atoms with E-state index in [2.05, 4.69) is 5.32 Å². The highest BCUT2D eigenvalue weighted by molar-refractivity contribution is 5.86. The number of benzene rings is 1. The minimum atomic E-state index is -0.832. The first kappa shape index (κ1) is 15.4. The van der Waals surface area contributed by atoms with Crippen LogP contribution in [0.3, 0.4) is 0 Å². The quantitative estimate of drug-likeness (QED) is 0.909. The fourth-order valence-corrected chi connectivity index (χ4v) is 2.37. The van der Waals surface area contributed by atoms with Gasteiger partial charge in [-0.2, -0.15) is 0 Å². The molecule has 2 atom stereocenters. The van der Waals surface area contributed by atoms with Gasteiger partial charge in [-0.25, -0.2) is 4.39 Å². The average Bonchev–Trinajstić information content (AvgIpc) is 2.47. The van der Waals surface area contributed by atoms with E-state index in [1.807, 2.05) is 6.92 Å². The van der Waals surface area contributed by atoms with Crippen LogP contribution in [-0.2, 0) is 14.3 Å². The van der Waals surface area contributed by atoms with E-state index in [0.717, 1.165) is 6.42 Å². The van der Waals surface area contributed by atoms with Gasteiger partial charge < -0.3 is 15.0 Å². The van der Waals surface area contributed by atoms with Crippen molar-refractivity contribution in [1.29, 1.82) is 0 Å². The van der Waals surface area contributed by atoms with E-state index < -0.39 is 18.0 Å². The Morgan fingerprint density at radius 3 is 2.95 bits per heavy atom. The highest BCUT2D eigenvalue weighted by Gasteiger charge is 2.39. The van der Waals surface area contributed by atoms with Gasteiger partial charge in [-0.1, -0.05) is 19.1 Å². The van der Waals surface area contributed by atoms with Crippen LogP contribution in [0.25, 0.3) is 0 Å². The van der Waals surface area contributed by atoms with Crippen LogP contribution in [0.4, 0.5) is 4.39 Å². The predicted molar refractivity (Wildman–Crippen MR) is 75.0 cm³/mol. The standard InChI is InChI=1S/C15H19FN2O3/c1-3-7-17-15(20)14-13(18(2)12(19)9-21-14)10-5-4-6-11(16)8-10/h4-6,8,13-14H,3,7,9H2,1-2H3,(H,17,20)/t13-,14-/m0/s1. The Labute approximate surface area is 123 Å². The molecule has 0 saturated carbocycles. The summed E-state index contributed by atoms with van der Waals surface area (Å²) in [4.78, 5) is 25.5. The molecule has 2 amide bonds. The van der Waals surface area contributed by atoms with Crippen LogP contribution in [0, 0.1) is 5.82 Å². The molecule has 114 valence electrons. The van der Waals surface area contributed by atoms with Crippen LogP contribution < -0.4 is 5.32 Å². The van der Waals surface area contributed by atoms with Gasteiger partial charge in [-0.05, 0) is 24.1 Å². The fraction of sp³-hybridized carbons (Fsp3) is 0.467. The summed E-state index contributed by atoms with van der Waals surface area (Å²) in [6, 6.07) is 5.26. The maximum atomic E-state index is 13.4. The zero-order chi connectivity index (χ0) is 15.4. The van der Waals surface area contributed by atoms with E-state index in [4.69, 9.17) is 4.74 Å². The van der Waals surface area contributed by atoms with Crippen molar-refractivity contribution in [3.8, 4) is 0 Å². The summed E-state index contributed by atoms with van der Waals surface area (Å²) in [5.41, 5.74) is 0.544. The summed E-state index contributed by atoms with van der Waals surface area (Å²) < 4.78 is 18.8. The molecule has 0 aliphatic carbocycles. The Kier molecular flexibility index (Phi) is 4.90. The van der Waals surface area contributed by atoms with E-state index in [0.29, 0.717) is 12.1 Å². The van der Waals surface area contributed by atoms with Gasteiger partial charge in [0.15, 0.2) is 6.10 Å². The molecule has 1 fully saturated rings. The number of halogens is 1. The summed E-state index contributed by atoms with van der Waals surface area (Å²) in [5.74, 6) is -0.930. The monoisotopic (exact) mass is 294 g/mol. The number of ether oxygens (including phenoxy) is 1. The lowest BCUT2D eigenvalue weighted by molar-refractivity contribution is -0.162. The minimum Gasteiger partial charge on any atom is -0.356 e. The van der Waals surface area contributed by atoms with Crippen molar-refractivity contribution in [2.45, 2.75) is 25.5 Å². The first-order valence-electron chi connectivity index (χ1n) is 6.95. The second-order valence-electron chi connectivity index (χ2n) is 5.03. The number of likely N-dealkylation sites (N-methyl/N-ethyl adjacent to an activating group) is 1. The van der Waals surface area contributed by atoms with Gasteiger partial charge in [0.25, 0.3) is 5.91 Å². The summed E-state index contributed by atoms with van der Waals surface area (Å²) in [7, 11) is 1.60. The molecule has 21 heavy (non-hydrogen) atoms. The summed E-state index contributed by atoms with van der Waals surface area (Å²) in [6.45, 7) is 2.33. The molecule has 1 N–H and O–H groups in total. The van der Waals surface area contributed by atoms with Crippen LogP contribution in [0.5, 0.6) is 0 Å². The number of nitrogens with zero attached hydrogens (tertiary/aromatic N) is 1. The van der Waals surface area contributed by atoms with Gasteiger partial charge >= 0.3 is 0 Å². The fourth-order valence-electron chi connectivity index (χ4n) is 2.37. The van der Waals surface area contributed by atoms with Crippen molar-refractivity contribution in [3.63, 3.8) is 0 Å². The van der Waals surface area contributed by atoms with E-state index in [-0.39, 0.29) is 18.4 Å². The van der Waals surface area contributed by atoms with Crippen molar-refractivity contribution >= 4 is 11.8 Å². The molecule has 1 heterocycles. The van der Waals surface area contributed by atoms with Crippen molar-refractivity contribution < 1.29 is 18.7 Å². The Bertz CT molecular complexity index is 535. The van der Waals surface area contributed by atoms with Crippen LogP contribution in [0.1, 0.15) is 24.9 Å².